The molecule has 0 aromatic carbocycles. The van der Waals surface area contributed by atoms with Gasteiger partial charge in [-0.25, -0.2) is 0 Å². The van der Waals surface area contributed by atoms with Gasteiger partial charge in [-0.2, -0.15) is 5.10 Å². The van der Waals surface area contributed by atoms with Crippen molar-refractivity contribution in [1.82, 2.24) is 9.78 Å². The van der Waals surface area contributed by atoms with E-state index in [4.69, 9.17) is 0 Å². The van der Waals surface area contributed by atoms with Gasteiger partial charge in [-0.3, -0.25) is 9.48 Å². The Bertz CT molecular complexity index is 330. The molecule has 0 radical (unpaired) electrons. The molecule has 1 aromatic heterocycles. The summed E-state index contributed by atoms with van der Waals surface area (Å²) in [6, 6.07) is 2.37. The summed E-state index contributed by atoms with van der Waals surface area (Å²) in [6.45, 7) is 6.37. The molecule has 1 unspecified atom stereocenters. The Labute approximate surface area is 97.8 Å². The van der Waals surface area contributed by atoms with Crippen LogP contribution in [-0.2, 0) is 11.2 Å². The van der Waals surface area contributed by atoms with Gasteiger partial charge in [0.15, 0.2) is 0 Å². The van der Waals surface area contributed by atoms with Crippen LogP contribution < -0.4 is 0 Å². The predicted molar refractivity (Wildman–Crippen MR) is 65.5 cm³/mol. The van der Waals surface area contributed by atoms with E-state index >= 15 is 0 Å². The Hall–Kier alpha value is -1.12. The van der Waals surface area contributed by atoms with Gasteiger partial charge in [-0.05, 0) is 25.8 Å². The normalized spacial score (nSPS) is 12.7. The van der Waals surface area contributed by atoms with Crippen molar-refractivity contribution in [3.05, 3.63) is 18.0 Å². The summed E-state index contributed by atoms with van der Waals surface area (Å²) >= 11 is 0. The van der Waals surface area contributed by atoms with Crippen LogP contribution in [0, 0.1) is 0 Å². The fourth-order valence-corrected chi connectivity index (χ4v) is 1.57. The molecule has 0 fully saturated rings. The van der Waals surface area contributed by atoms with Gasteiger partial charge in [-0.15, -0.1) is 0 Å². The molecule has 1 rings (SSSR count). The molecule has 3 heteroatoms. The molecule has 16 heavy (non-hydrogen) atoms. The van der Waals surface area contributed by atoms with E-state index in [2.05, 4.69) is 25.9 Å². The van der Waals surface area contributed by atoms with Crippen LogP contribution >= 0.6 is 0 Å². The number of Topliss-reactive ketones (excluding diaryl/α,β-unsaturated/α-hetero) is 1. The second kappa shape index (κ2) is 6.46. The van der Waals surface area contributed by atoms with Crippen molar-refractivity contribution in [2.45, 2.75) is 58.9 Å². The van der Waals surface area contributed by atoms with E-state index in [1.165, 1.54) is 0 Å². The molecule has 0 spiro atoms. The first kappa shape index (κ1) is 12.9. The van der Waals surface area contributed by atoms with Crippen LogP contribution in [0.1, 0.15) is 58.2 Å². The summed E-state index contributed by atoms with van der Waals surface area (Å²) in [6.07, 6.45) is 6.27. The van der Waals surface area contributed by atoms with Crippen molar-refractivity contribution in [2.75, 3.05) is 0 Å². The number of aromatic nitrogens is 2. The molecule has 3 nitrogen and oxygen atoms in total. The molecule has 0 aliphatic rings. The zero-order valence-electron chi connectivity index (χ0n) is 10.6. The van der Waals surface area contributed by atoms with E-state index in [1.807, 2.05) is 16.9 Å². The van der Waals surface area contributed by atoms with Crippen LogP contribution in [0.25, 0.3) is 0 Å². The van der Waals surface area contributed by atoms with E-state index < -0.39 is 0 Å². The third-order valence-electron chi connectivity index (χ3n) is 2.89. The summed E-state index contributed by atoms with van der Waals surface area (Å²) in [5, 5.41) is 4.42. The first-order valence-corrected chi connectivity index (χ1v) is 6.23. The number of hydrogen-bond donors (Lipinski definition) is 0. The largest absolute Gasteiger partial charge is 0.299 e. The predicted octanol–water partition coefficient (Wildman–Crippen LogP) is 3.16. The summed E-state index contributed by atoms with van der Waals surface area (Å²) in [5.74, 6) is 0.302. The fourth-order valence-electron chi connectivity index (χ4n) is 1.57. The van der Waals surface area contributed by atoms with E-state index in [-0.39, 0.29) is 0 Å². The maximum atomic E-state index is 11.6. The molecule has 0 amide bonds. The van der Waals surface area contributed by atoms with Gasteiger partial charge >= 0.3 is 0 Å². The van der Waals surface area contributed by atoms with Crippen molar-refractivity contribution in [3.8, 4) is 0 Å². The molecule has 1 atom stereocenters. The average Bonchev–Trinajstić information content (AvgIpc) is 2.73. The van der Waals surface area contributed by atoms with Gasteiger partial charge in [0, 0.05) is 18.7 Å². The number of carbonyl (C=O) groups excluding carboxylic acids is 1. The quantitative estimate of drug-likeness (QED) is 0.710. The molecule has 1 aromatic rings. The lowest BCUT2D eigenvalue weighted by molar-refractivity contribution is -0.118. The van der Waals surface area contributed by atoms with E-state index in [1.54, 1.807) is 0 Å². The molecule has 1 heterocycles. The smallest absolute Gasteiger partial charge is 0.138 e. The van der Waals surface area contributed by atoms with E-state index in [9.17, 15) is 4.79 Å². The minimum atomic E-state index is 0.302. The van der Waals surface area contributed by atoms with Crippen LogP contribution in [-0.4, -0.2) is 15.6 Å². The lowest BCUT2D eigenvalue weighted by Crippen LogP contribution is -2.07. The van der Waals surface area contributed by atoms with Gasteiger partial charge in [0.1, 0.15) is 5.78 Å². The molecule has 0 N–H and O–H groups in total. The van der Waals surface area contributed by atoms with Crippen molar-refractivity contribution in [2.24, 2.45) is 0 Å². The van der Waals surface area contributed by atoms with Gasteiger partial charge in [-0.1, -0.05) is 20.3 Å². The number of rotatable bonds is 7. The summed E-state index contributed by atoms with van der Waals surface area (Å²) in [7, 11) is 0. The van der Waals surface area contributed by atoms with Crippen molar-refractivity contribution in [3.63, 3.8) is 0 Å². The number of carbonyl (C=O) groups is 1. The molecule has 0 aliphatic heterocycles. The Morgan fingerprint density at radius 1 is 1.50 bits per heavy atom. The molecule has 0 aliphatic carbocycles. The monoisotopic (exact) mass is 222 g/mol. The van der Waals surface area contributed by atoms with Gasteiger partial charge < -0.3 is 0 Å². The highest BCUT2D eigenvalue weighted by Gasteiger charge is 2.08. The molecular formula is C13H22N2O. The Morgan fingerprint density at radius 2 is 2.25 bits per heavy atom. The highest BCUT2D eigenvalue weighted by Crippen LogP contribution is 2.10. The second-order valence-electron chi connectivity index (χ2n) is 4.36. The molecule has 0 bridgehead atoms. The maximum absolute atomic E-state index is 11.6. The highest BCUT2D eigenvalue weighted by atomic mass is 16.1. The molecule has 90 valence electrons. The second-order valence-corrected chi connectivity index (χ2v) is 4.36. The Balaban J connectivity index is 2.48. The van der Waals surface area contributed by atoms with Crippen LogP contribution in [0.2, 0.25) is 0 Å². The zero-order valence-corrected chi connectivity index (χ0v) is 10.6. The minimum Gasteiger partial charge on any atom is -0.299 e. The van der Waals surface area contributed by atoms with Gasteiger partial charge in [0.2, 0.25) is 0 Å². The molecule has 0 saturated heterocycles. The van der Waals surface area contributed by atoms with Gasteiger partial charge in [0.25, 0.3) is 0 Å². The number of unbranched alkanes of at least 4 members (excludes halogenated alkanes) is 1. The lowest BCUT2D eigenvalue weighted by Gasteiger charge is -2.07. The minimum absolute atomic E-state index is 0.302. The van der Waals surface area contributed by atoms with E-state index in [0.717, 1.165) is 25.0 Å². The van der Waals surface area contributed by atoms with Crippen molar-refractivity contribution in [1.29, 1.82) is 0 Å². The summed E-state index contributed by atoms with van der Waals surface area (Å²) in [4.78, 5) is 11.6. The highest BCUT2D eigenvalue weighted by molar-refractivity contribution is 5.80. The lowest BCUT2D eigenvalue weighted by atomic mass is 10.1. The third kappa shape index (κ3) is 3.80. The Kier molecular flexibility index (Phi) is 5.23. The zero-order chi connectivity index (χ0) is 12.0. The standard InChI is InChI=1S/C13H22N2O/c1-4-6-7-13(16)10-12-8-9-15(14-12)11(3)5-2/h8-9,11H,4-7,10H2,1-3H3. The number of nitrogens with zero attached hydrogens (tertiary/aromatic N) is 2. The average molecular weight is 222 g/mol. The maximum Gasteiger partial charge on any atom is 0.138 e. The molecule has 0 saturated carbocycles. The topological polar surface area (TPSA) is 34.9 Å². The summed E-state index contributed by atoms with van der Waals surface area (Å²) in [5.41, 5.74) is 0.904. The van der Waals surface area contributed by atoms with Crippen LogP contribution in [0.5, 0.6) is 0 Å². The van der Waals surface area contributed by atoms with Crippen molar-refractivity contribution < 1.29 is 4.79 Å². The summed E-state index contributed by atoms with van der Waals surface area (Å²) < 4.78 is 1.95. The third-order valence-corrected chi connectivity index (χ3v) is 2.89. The first-order chi connectivity index (χ1) is 7.67. The molecular weight excluding hydrogens is 200 g/mol. The van der Waals surface area contributed by atoms with Crippen LogP contribution in [0.3, 0.4) is 0 Å². The number of ketones is 1. The number of hydrogen-bond acceptors (Lipinski definition) is 2. The van der Waals surface area contributed by atoms with Gasteiger partial charge in [0.05, 0.1) is 12.1 Å². The Morgan fingerprint density at radius 3 is 2.88 bits per heavy atom. The first-order valence-electron chi connectivity index (χ1n) is 6.23. The van der Waals surface area contributed by atoms with Crippen molar-refractivity contribution >= 4 is 5.78 Å². The fraction of sp³-hybridized carbons (Fsp3) is 0.692. The van der Waals surface area contributed by atoms with E-state index in [0.29, 0.717) is 24.7 Å². The van der Waals surface area contributed by atoms with Crippen LogP contribution in [0.15, 0.2) is 12.3 Å². The SMILES string of the molecule is CCCCC(=O)Cc1ccn(C(C)CC)n1. The van der Waals surface area contributed by atoms with Crippen LogP contribution in [0.4, 0.5) is 0 Å².